The number of hydrogen-bond acceptors (Lipinski definition) is 4. The number of fused-ring (bicyclic) bond motifs is 1. The summed E-state index contributed by atoms with van der Waals surface area (Å²) >= 11 is 1.59. The fourth-order valence-electron chi connectivity index (χ4n) is 3.93. The lowest BCUT2D eigenvalue weighted by molar-refractivity contribution is 0.131. The van der Waals surface area contributed by atoms with Crippen molar-refractivity contribution in [3.8, 4) is 10.4 Å². The van der Waals surface area contributed by atoms with E-state index >= 15 is 0 Å². The highest BCUT2D eigenvalue weighted by Crippen LogP contribution is 2.31. The summed E-state index contributed by atoms with van der Waals surface area (Å²) in [7, 11) is 0. The van der Waals surface area contributed by atoms with Crippen molar-refractivity contribution in [1.82, 2.24) is 14.9 Å². The monoisotopic (exact) mass is 353 g/mol. The lowest BCUT2D eigenvalue weighted by Gasteiger charge is -2.34. The molecule has 3 heterocycles. The van der Waals surface area contributed by atoms with Crippen LogP contribution in [0.15, 0.2) is 41.2 Å². The molecule has 0 radical (unpaired) electrons. The van der Waals surface area contributed by atoms with Crippen LogP contribution in [-0.2, 0) is 6.54 Å². The van der Waals surface area contributed by atoms with Crippen molar-refractivity contribution in [3.63, 3.8) is 0 Å². The molecule has 0 spiro atoms. The maximum absolute atomic E-state index is 12.5. The predicted molar refractivity (Wildman–Crippen MR) is 104 cm³/mol. The van der Waals surface area contributed by atoms with Crippen molar-refractivity contribution in [2.24, 2.45) is 11.8 Å². The van der Waals surface area contributed by atoms with Gasteiger partial charge in [-0.15, -0.1) is 11.3 Å². The first-order valence-electron chi connectivity index (χ1n) is 8.89. The van der Waals surface area contributed by atoms with Gasteiger partial charge >= 0.3 is 0 Å². The Morgan fingerprint density at radius 1 is 1.20 bits per heavy atom. The van der Waals surface area contributed by atoms with Crippen LogP contribution in [0, 0.1) is 11.8 Å². The number of aromatic amines is 1. The molecule has 0 saturated carbocycles. The molecule has 1 aliphatic heterocycles. The molecule has 1 aliphatic rings. The molecule has 1 saturated heterocycles. The standard InChI is InChI=1S/C20H23N3OS/c1-13-8-14(2)11-23(10-13)12-18-21-19(24)16-9-17(25-20(16)22-18)15-6-4-3-5-7-15/h3-7,9,13-14H,8,10-12H2,1-2H3,(H,21,22,24)/t13-,14+. The van der Waals surface area contributed by atoms with E-state index in [4.69, 9.17) is 4.98 Å². The highest BCUT2D eigenvalue weighted by molar-refractivity contribution is 7.21. The summed E-state index contributed by atoms with van der Waals surface area (Å²) in [6.07, 6.45) is 1.28. The average molecular weight is 353 g/mol. The van der Waals surface area contributed by atoms with E-state index in [1.54, 1.807) is 11.3 Å². The zero-order valence-electron chi connectivity index (χ0n) is 14.7. The number of likely N-dealkylation sites (tertiary alicyclic amines) is 1. The van der Waals surface area contributed by atoms with Gasteiger partial charge in [-0.05, 0) is 29.9 Å². The second-order valence-corrected chi connectivity index (χ2v) is 8.38. The van der Waals surface area contributed by atoms with Crippen molar-refractivity contribution in [2.45, 2.75) is 26.8 Å². The summed E-state index contributed by atoms with van der Waals surface area (Å²) in [6.45, 7) is 7.47. The summed E-state index contributed by atoms with van der Waals surface area (Å²) in [5.74, 6) is 2.18. The molecule has 25 heavy (non-hydrogen) atoms. The molecule has 0 bridgehead atoms. The van der Waals surface area contributed by atoms with E-state index in [0.29, 0.717) is 17.2 Å². The maximum Gasteiger partial charge on any atom is 0.259 e. The quantitative estimate of drug-likeness (QED) is 0.770. The molecule has 0 amide bonds. The van der Waals surface area contributed by atoms with E-state index in [1.165, 1.54) is 6.42 Å². The first-order valence-corrected chi connectivity index (χ1v) is 9.70. The van der Waals surface area contributed by atoms with Gasteiger partial charge in [-0.3, -0.25) is 9.69 Å². The van der Waals surface area contributed by atoms with E-state index in [9.17, 15) is 4.79 Å². The van der Waals surface area contributed by atoms with E-state index in [-0.39, 0.29) is 5.56 Å². The number of piperidine rings is 1. The molecule has 2 atom stereocenters. The van der Waals surface area contributed by atoms with Crippen molar-refractivity contribution in [3.05, 3.63) is 52.6 Å². The number of hydrogen-bond donors (Lipinski definition) is 1. The van der Waals surface area contributed by atoms with Crippen LogP contribution in [0.4, 0.5) is 0 Å². The Hall–Kier alpha value is -1.98. The molecular weight excluding hydrogens is 330 g/mol. The van der Waals surface area contributed by atoms with Gasteiger partial charge in [0.1, 0.15) is 10.7 Å². The lowest BCUT2D eigenvalue weighted by atomic mass is 9.92. The van der Waals surface area contributed by atoms with E-state index in [0.717, 1.165) is 40.7 Å². The molecular formula is C20H23N3OS. The Morgan fingerprint density at radius 3 is 2.64 bits per heavy atom. The Labute approximate surface area is 151 Å². The van der Waals surface area contributed by atoms with Crippen molar-refractivity contribution in [1.29, 1.82) is 0 Å². The normalized spacial score (nSPS) is 21.7. The van der Waals surface area contributed by atoms with Gasteiger partial charge in [0.15, 0.2) is 0 Å². The SMILES string of the molecule is C[C@@H]1C[C@H](C)CN(Cc2nc3sc(-c4ccccc4)cc3c(=O)[nH]2)C1. The molecule has 4 rings (SSSR count). The van der Waals surface area contributed by atoms with Crippen LogP contribution in [0.3, 0.4) is 0 Å². The first kappa shape index (κ1) is 16.5. The zero-order chi connectivity index (χ0) is 17.4. The Balaban J connectivity index is 1.64. The van der Waals surface area contributed by atoms with Gasteiger partial charge < -0.3 is 4.98 Å². The largest absolute Gasteiger partial charge is 0.309 e. The number of benzene rings is 1. The second-order valence-electron chi connectivity index (χ2n) is 7.35. The third-order valence-corrected chi connectivity index (χ3v) is 5.91. The van der Waals surface area contributed by atoms with Crippen LogP contribution in [0.1, 0.15) is 26.1 Å². The maximum atomic E-state index is 12.5. The minimum Gasteiger partial charge on any atom is -0.309 e. The van der Waals surface area contributed by atoms with Crippen molar-refractivity contribution in [2.75, 3.05) is 13.1 Å². The second kappa shape index (κ2) is 6.73. The van der Waals surface area contributed by atoms with E-state index in [2.05, 4.69) is 35.9 Å². The molecule has 1 aromatic carbocycles. The highest BCUT2D eigenvalue weighted by Gasteiger charge is 2.22. The fourth-order valence-corrected chi connectivity index (χ4v) is 4.98. The molecule has 2 aromatic heterocycles. The number of aromatic nitrogens is 2. The van der Waals surface area contributed by atoms with Gasteiger partial charge in [0, 0.05) is 18.0 Å². The minimum atomic E-state index is -0.0310. The van der Waals surface area contributed by atoms with Crippen LogP contribution in [0.2, 0.25) is 0 Å². The predicted octanol–water partition coefficient (Wildman–Crippen LogP) is 4.13. The number of thiophene rings is 1. The van der Waals surface area contributed by atoms with Gasteiger partial charge in [-0.25, -0.2) is 4.98 Å². The molecule has 0 aliphatic carbocycles. The summed E-state index contributed by atoms with van der Waals surface area (Å²) < 4.78 is 0. The smallest absolute Gasteiger partial charge is 0.259 e. The molecule has 4 nitrogen and oxygen atoms in total. The molecule has 5 heteroatoms. The van der Waals surface area contributed by atoms with Crippen LogP contribution in [0.5, 0.6) is 0 Å². The Bertz CT molecular complexity index is 921. The number of H-pyrrole nitrogens is 1. The van der Waals surface area contributed by atoms with Gasteiger partial charge in [-0.2, -0.15) is 0 Å². The average Bonchev–Trinajstić information content (AvgIpc) is 2.99. The van der Waals surface area contributed by atoms with Crippen LogP contribution in [-0.4, -0.2) is 28.0 Å². The summed E-state index contributed by atoms with van der Waals surface area (Å²) in [6, 6.07) is 12.1. The number of nitrogens with one attached hydrogen (secondary N) is 1. The zero-order valence-corrected chi connectivity index (χ0v) is 15.5. The third kappa shape index (κ3) is 3.53. The van der Waals surface area contributed by atoms with Gasteiger partial charge in [-0.1, -0.05) is 44.2 Å². The molecule has 0 unspecified atom stereocenters. The van der Waals surface area contributed by atoms with Crippen molar-refractivity contribution < 1.29 is 0 Å². The minimum absolute atomic E-state index is 0.0310. The highest BCUT2D eigenvalue weighted by atomic mass is 32.1. The van der Waals surface area contributed by atoms with Crippen LogP contribution >= 0.6 is 11.3 Å². The van der Waals surface area contributed by atoms with Crippen LogP contribution in [0.25, 0.3) is 20.7 Å². The first-order chi connectivity index (χ1) is 12.1. The summed E-state index contributed by atoms with van der Waals surface area (Å²) in [5.41, 5.74) is 1.10. The lowest BCUT2D eigenvalue weighted by Crippen LogP contribution is -2.38. The summed E-state index contributed by atoms with van der Waals surface area (Å²) in [4.78, 5) is 24.6. The summed E-state index contributed by atoms with van der Waals surface area (Å²) in [5, 5.41) is 0.688. The molecule has 1 fully saturated rings. The van der Waals surface area contributed by atoms with Gasteiger partial charge in [0.2, 0.25) is 0 Å². The van der Waals surface area contributed by atoms with Gasteiger partial charge in [0.25, 0.3) is 5.56 Å². The van der Waals surface area contributed by atoms with E-state index < -0.39 is 0 Å². The third-order valence-electron chi connectivity index (χ3n) is 4.83. The fraction of sp³-hybridized carbons (Fsp3) is 0.400. The Kier molecular flexibility index (Phi) is 4.44. The van der Waals surface area contributed by atoms with Crippen molar-refractivity contribution >= 4 is 21.6 Å². The van der Waals surface area contributed by atoms with E-state index in [1.807, 2.05) is 24.3 Å². The van der Waals surface area contributed by atoms with Crippen LogP contribution < -0.4 is 5.56 Å². The number of rotatable bonds is 3. The van der Waals surface area contributed by atoms with Gasteiger partial charge in [0.05, 0.1) is 11.9 Å². The topological polar surface area (TPSA) is 49.0 Å². The number of nitrogens with zero attached hydrogens (tertiary/aromatic N) is 2. The molecule has 3 aromatic rings. The Morgan fingerprint density at radius 2 is 1.92 bits per heavy atom. The molecule has 130 valence electrons. The molecule has 1 N–H and O–H groups in total.